The van der Waals surface area contributed by atoms with E-state index < -0.39 is 10.0 Å². The number of fused-ring (bicyclic) bond motifs is 1. The van der Waals surface area contributed by atoms with Crippen molar-refractivity contribution in [1.29, 1.82) is 0 Å². The van der Waals surface area contributed by atoms with Crippen LogP contribution in [0.25, 0.3) is 0 Å². The Morgan fingerprint density at radius 2 is 1.96 bits per heavy atom. The van der Waals surface area contributed by atoms with Crippen molar-refractivity contribution >= 4 is 38.9 Å². The van der Waals surface area contributed by atoms with Crippen molar-refractivity contribution in [3.05, 3.63) is 58.6 Å². The first kappa shape index (κ1) is 17.8. The molecule has 0 saturated heterocycles. The highest BCUT2D eigenvalue weighted by Crippen LogP contribution is 2.30. The summed E-state index contributed by atoms with van der Waals surface area (Å²) < 4.78 is 27.4. The molecule has 0 unspecified atom stereocenters. The van der Waals surface area contributed by atoms with E-state index in [9.17, 15) is 13.2 Å². The Hall–Kier alpha value is -2.05. The van der Waals surface area contributed by atoms with E-state index >= 15 is 0 Å². The summed E-state index contributed by atoms with van der Waals surface area (Å²) in [7, 11) is -3.55. The largest absolute Gasteiger partial charge is 0.312 e. The van der Waals surface area contributed by atoms with Crippen molar-refractivity contribution in [3.63, 3.8) is 0 Å². The van der Waals surface area contributed by atoms with E-state index in [0.29, 0.717) is 35.7 Å². The Labute approximate surface area is 152 Å². The van der Waals surface area contributed by atoms with Gasteiger partial charge in [0.1, 0.15) is 0 Å². The molecule has 2 aromatic rings. The third-order valence-corrected chi connectivity index (χ3v) is 5.61. The van der Waals surface area contributed by atoms with Gasteiger partial charge < -0.3 is 4.90 Å². The molecule has 0 aromatic heterocycles. The molecule has 0 saturated carbocycles. The van der Waals surface area contributed by atoms with Crippen LogP contribution in [-0.4, -0.2) is 20.9 Å². The van der Waals surface area contributed by atoms with Gasteiger partial charge in [0.25, 0.3) is 0 Å². The molecule has 1 heterocycles. The number of hydrogen-bond donors (Lipinski definition) is 1. The molecule has 0 radical (unpaired) electrons. The highest BCUT2D eigenvalue weighted by molar-refractivity contribution is 7.91. The molecule has 1 N–H and O–H groups in total. The lowest BCUT2D eigenvalue weighted by atomic mass is 10.0. The van der Waals surface area contributed by atoms with Crippen LogP contribution in [0.15, 0.2) is 42.5 Å². The summed E-state index contributed by atoms with van der Waals surface area (Å²) in [5, 5.41) is 0.505. The minimum absolute atomic E-state index is 0.101. The van der Waals surface area contributed by atoms with E-state index in [2.05, 4.69) is 4.72 Å². The van der Waals surface area contributed by atoms with Gasteiger partial charge in [-0.15, -0.1) is 0 Å². The SMILES string of the molecule is CCN1C(=O)CCc2cc(NS(=O)(=O)Cc3cccc(Cl)c3)ccc21. The third-order valence-electron chi connectivity index (χ3n) is 4.11. The zero-order valence-corrected chi connectivity index (χ0v) is 15.4. The van der Waals surface area contributed by atoms with Gasteiger partial charge in [0.05, 0.1) is 5.75 Å². The van der Waals surface area contributed by atoms with Gasteiger partial charge >= 0.3 is 0 Å². The summed E-state index contributed by atoms with van der Waals surface area (Å²) in [5.41, 5.74) is 2.97. The highest BCUT2D eigenvalue weighted by Gasteiger charge is 2.23. The first-order chi connectivity index (χ1) is 11.9. The van der Waals surface area contributed by atoms with Gasteiger partial charge in [0.15, 0.2) is 0 Å². The van der Waals surface area contributed by atoms with Crippen LogP contribution in [-0.2, 0) is 27.0 Å². The molecular weight excluding hydrogens is 360 g/mol. The van der Waals surface area contributed by atoms with Crippen LogP contribution in [0.5, 0.6) is 0 Å². The van der Waals surface area contributed by atoms with Crippen LogP contribution in [0, 0.1) is 0 Å². The second-order valence-corrected chi connectivity index (χ2v) is 8.13. The van der Waals surface area contributed by atoms with Crippen molar-refractivity contribution in [3.8, 4) is 0 Å². The van der Waals surface area contributed by atoms with Crippen LogP contribution >= 0.6 is 11.6 Å². The molecule has 0 aliphatic carbocycles. The van der Waals surface area contributed by atoms with E-state index in [1.54, 1.807) is 47.4 Å². The van der Waals surface area contributed by atoms with Gasteiger partial charge in [0, 0.05) is 29.4 Å². The number of carbonyl (C=O) groups excluding carboxylic acids is 1. The fraction of sp³-hybridized carbons (Fsp3) is 0.278. The first-order valence-corrected chi connectivity index (χ1v) is 10.1. The summed E-state index contributed by atoms with van der Waals surface area (Å²) >= 11 is 5.91. The maximum Gasteiger partial charge on any atom is 0.236 e. The van der Waals surface area contributed by atoms with Crippen molar-refractivity contribution in [2.75, 3.05) is 16.2 Å². The van der Waals surface area contributed by atoms with Gasteiger partial charge in [-0.2, -0.15) is 0 Å². The lowest BCUT2D eigenvalue weighted by Gasteiger charge is -2.28. The topological polar surface area (TPSA) is 66.5 Å². The van der Waals surface area contributed by atoms with Crippen molar-refractivity contribution in [2.24, 2.45) is 0 Å². The van der Waals surface area contributed by atoms with Crippen LogP contribution in [0.1, 0.15) is 24.5 Å². The zero-order valence-electron chi connectivity index (χ0n) is 13.8. The van der Waals surface area contributed by atoms with Gasteiger partial charge in [-0.1, -0.05) is 23.7 Å². The average molecular weight is 379 g/mol. The van der Waals surface area contributed by atoms with E-state index in [0.717, 1.165) is 11.3 Å². The number of amides is 1. The van der Waals surface area contributed by atoms with Crippen molar-refractivity contribution in [1.82, 2.24) is 0 Å². The predicted octanol–water partition coefficient (Wildman–Crippen LogP) is 3.58. The normalized spacial score (nSPS) is 14.3. The van der Waals surface area contributed by atoms with Gasteiger partial charge in [0.2, 0.25) is 15.9 Å². The second-order valence-electron chi connectivity index (χ2n) is 5.97. The maximum atomic E-state index is 12.4. The zero-order chi connectivity index (χ0) is 18.0. The average Bonchev–Trinajstić information content (AvgIpc) is 2.54. The maximum absolute atomic E-state index is 12.4. The number of aryl methyl sites for hydroxylation is 1. The van der Waals surface area contributed by atoms with E-state index in [4.69, 9.17) is 11.6 Å². The lowest BCUT2D eigenvalue weighted by Crippen LogP contribution is -2.34. The second kappa shape index (κ2) is 7.06. The number of nitrogens with zero attached hydrogens (tertiary/aromatic N) is 1. The molecule has 2 aromatic carbocycles. The highest BCUT2D eigenvalue weighted by atomic mass is 35.5. The molecule has 0 bridgehead atoms. The molecule has 25 heavy (non-hydrogen) atoms. The minimum Gasteiger partial charge on any atom is -0.312 e. The summed E-state index contributed by atoms with van der Waals surface area (Å²) in [6, 6.07) is 12.1. The Balaban J connectivity index is 1.80. The predicted molar refractivity (Wildman–Crippen MR) is 100 cm³/mol. The molecule has 1 amide bonds. The number of benzene rings is 2. The molecule has 1 aliphatic rings. The van der Waals surface area contributed by atoms with E-state index in [-0.39, 0.29) is 11.7 Å². The number of halogens is 1. The molecule has 3 rings (SSSR count). The standard InChI is InChI=1S/C18H19ClN2O3S/c1-2-21-17-8-7-16(11-14(17)6-9-18(21)22)20-25(23,24)12-13-4-3-5-15(19)10-13/h3-5,7-8,10-11,20H,2,6,9,12H2,1H3. The minimum atomic E-state index is -3.55. The number of carbonyl (C=O) groups is 1. The fourth-order valence-corrected chi connectivity index (χ4v) is 4.42. The van der Waals surface area contributed by atoms with Gasteiger partial charge in [-0.3, -0.25) is 9.52 Å². The number of sulfonamides is 1. The van der Waals surface area contributed by atoms with Gasteiger partial charge in [-0.05, 0) is 54.8 Å². The Kier molecular flexibility index (Phi) is 5.01. The van der Waals surface area contributed by atoms with Crippen LogP contribution in [0.2, 0.25) is 5.02 Å². The molecule has 0 fully saturated rings. The third kappa shape index (κ3) is 4.14. The van der Waals surface area contributed by atoms with Crippen LogP contribution < -0.4 is 9.62 Å². The molecule has 0 atom stereocenters. The van der Waals surface area contributed by atoms with Crippen molar-refractivity contribution in [2.45, 2.75) is 25.5 Å². The number of rotatable bonds is 5. The number of anilines is 2. The number of hydrogen-bond acceptors (Lipinski definition) is 3. The number of nitrogens with one attached hydrogen (secondary N) is 1. The fourth-order valence-electron chi connectivity index (χ4n) is 3.03. The van der Waals surface area contributed by atoms with Crippen molar-refractivity contribution < 1.29 is 13.2 Å². The summed E-state index contributed by atoms with van der Waals surface area (Å²) in [5.74, 6) is -0.0474. The summed E-state index contributed by atoms with van der Waals surface area (Å²) in [4.78, 5) is 13.7. The summed E-state index contributed by atoms with van der Waals surface area (Å²) in [6.45, 7) is 2.53. The molecule has 5 nitrogen and oxygen atoms in total. The molecule has 1 aliphatic heterocycles. The molecule has 7 heteroatoms. The van der Waals surface area contributed by atoms with E-state index in [1.165, 1.54) is 0 Å². The monoisotopic (exact) mass is 378 g/mol. The lowest BCUT2D eigenvalue weighted by molar-refractivity contribution is -0.118. The Morgan fingerprint density at radius 1 is 1.16 bits per heavy atom. The van der Waals surface area contributed by atoms with Crippen LogP contribution in [0.4, 0.5) is 11.4 Å². The Morgan fingerprint density at radius 3 is 2.68 bits per heavy atom. The summed E-state index contributed by atoms with van der Waals surface area (Å²) in [6.07, 6.45) is 1.06. The van der Waals surface area contributed by atoms with Gasteiger partial charge in [-0.25, -0.2) is 8.42 Å². The van der Waals surface area contributed by atoms with Crippen LogP contribution in [0.3, 0.4) is 0 Å². The van der Waals surface area contributed by atoms with E-state index in [1.807, 2.05) is 6.92 Å². The molecule has 0 spiro atoms. The molecule has 132 valence electrons. The molecular formula is C18H19ClN2O3S. The Bertz CT molecular complexity index is 912. The smallest absolute Gasteiger partial charge is 0.236 e. The quantitative estimate of drug-likeness (QED) is 0.864. The first-order valence-electron chi connectivity index (χ1n) is 8.06.